The van der Waals surface area contributed by atoms with Crippen LogP contribution >= 0.6 is 0 Å². The van der Waals surface area contributed by atoms with Gasteiger partial charge >= 0.3 is 5.97 Å². The third-order valence-corrected chi connectivity index (χ3v) is 3.40. The van der Waals surface area contributed by atoms with E-state index in [1.165, 1.54) is 0 Å². The second kappa shape index (κ2) is 7.67. The molecule has 1 N–H and O–H groups in total. The lowest BCUT2D eigenvalue weighted by molar-refractivity contribution is -0.137. The quantitative estimate of drug-likeness (QED) is 0.743. The fourth-order valence-corrected chi connectivity index (χ4v) is 2.25. The van der Waals surface area contributed by atoms with Gasteiger partial charge in [0.05, 0.1) is 0 Å². The predicted molar refractivity (Wildman–Crippen MR) is 67.1 cm³/mol. The van der Waals surface area contributed by atoms with Crippen molar-refractivity contribution in [1.82, 2.24) is 4.90 Å². The molecule has 100 valence electrons. The number of aliphatic carboxylic acids is 1. The molecule has 0 atom stereocenters. The van der Waals surface area contributed by atoms with Gasteiger partial charge in [0.15, 0.2) is 0 Å². The largest absolute Gasteiger partial charge is 0.481 e. The SMILES string of the molecule is CC(C)N(CCCC(=O)O)CC1CCOCC1. The number of hydrogen-bond acceptors (Lipinski definition) is 3. The summed E-state index contributed by atoms with van der Waals surface area (Å²) in [6, 6.07) is 0.492. The molecule has 0 radical (unpaired) electrons. The summed E-state index contributed by atoms with van der Waals surface area (Å²) in [6.07, 6.45) is 3.30. The third kappa shape index (κ3) is 6.03. The molecule has 1 aliphatic heterocycles. The van der Waals surface area contributed by atoms with Gasteiger partial charge < -0.3 is 14.7 Å². The van der Waals surface area contributed by atoms with Crippen LogP contribution in [0.2, 0.25) is 0 Å². The summed E-state index contributed by atoms with van der Waals surface area (Å²) in [5.41, 5.74) is 0. The van der Waals surface area contributed by atoms with E-state index in [1.54, 1.807) is 0 Å². The van der Waals surface area contributed by atoms with Crippen LogP contribution in [0.3, 0.4) is 0 Å². The molecule has 0 aromatic rings. The Morgan fingerprint density at radius 1 is 1.41 bits per heavy atom. The van der Waals surface area contributed by atoms with Crippen LogP contribution in [0, 0.1) is 5.92 Å². The first-order valence-corrected chi connectivity index (χ1v) is 6.63. The highest BCUT2D eigenvalue weighted by Gasteiger charge is 2.19. The Morgan fingerprint density at radius 3 is 2.59 bits per heavy atom. The Hall–Kier alpha value is -0.610. The van der Waals surface area contributed by atoms with E-state index >= 15 is 0 Å². The van der Waals surface area contributed by atoms with Gasteiger partial charge in [-0.25, -0.2) is 0 Å². The van der Waals surface area contributed by atoms with E-state index < -0.39 is 5.97 Å². The topological polar surface area (TPSA) is 49.8 Å². The van der Waals surface area contributed by atoms with Gasteiger partial charge in [-0.3, -0.25) is 4.79 Å². The molecule has 4 nitrogen and oxygen atoms in total. The van der Waals surface area contributed by atoms with E-state index in [0.29, 0.717) is 6.04 Å². The standard InChI is InChI=1S/C13H25NO3/c1-11(2)14(7-3-4-13(15)16)10-12-5-8-17-9-6-12/h11-12H,3-10H2,1-2H3,(H,15,16). The van der Waals surface area contributed by atoms with E-state index in [-0.39, 0.29) is 6.42 Å². The molecule has 1 aliphatic rings. The van der Waals surface area contributed by atoms with Crippen molar-refractivity contribution in [2.45, 2.75) is 45.6 Å². The van der Waals surface area contributed by atoms with Gasteiger partial charge in [0, 0.05) is 32.2 Å². The maximum atomic E-state index is 10.5. The van der Waals surface area contributed by atoms with Crippen LogP contribution in [0.15, 0.2) is 0 Å². The number of nitrogens with zero attached hydrogens (tertiary/aromatic N) is 1. The lowest BCUT2D eigenvalue weighted by atomic mass is 9.99. The van der Waals surface area contributed by atoms with E-state index in [1.807, 2.05) is 0 Å². The molecular formula is C13H25NO3. The summed E-state index contributed by atoms with van der Waals surface area (Å²) in [5, 5.41) is 8.65. The van der Waals surface area contributed by atoms with Crippen molar-refractivity contribution in [3.63, 3.8) is 0 Å². The molecule has 0 spiro atoms. The monoisotopic (exact) mass is 243 g/mol. The predicted octanol–water partition coefficient (Wildman–Crippen LogP) is 1.99. The summed E-state index contributed by atoms with van der Waals surface area (Å²) in [7, 11) is 0. The summed E-state index contributed by atoms with van der Waals surface area (Å²) < 4.78 is 5.36. The lowest BCUT2D eigenvalue weighted by Gasteiger charge is -2.32. The Labute approximate surface area is 104 Å². The highest BCUT2D eigenvalue weighted by atomic mass is 16.5. The maximum Gasteiger partial charge on any atom is 0.303 e. The van der Waals surface area contributed by atoms with E-state index in [2.05, 4.69) is 18.7 Å². The molecule has 4 heteroatoms. The lowest BCUT2D eigenvalue weighted by Crippen LogP contribution is -2.38. The van der Waals surface area contributed by atoms with Crippen molar-refractivity contribution in [3.05, 3.63) is 0 Å². The van der Waals surface area contributed by atoms with Gasteiger partial charge in [0.2, 0.25) is 0 Å². The molecule has 1 heterocycles. The Balaban J connectivity index is 2.28. The maximum absolute atomic E-state index is 10.5. The van der Waals surface area contributed by atoms with Crippen molar-refractivity contribution >= 4 is 5.97 Å². The average Bonchev–Trinajstić information content (AvgIpc) is 2.28. The Bertz CT molecular complexity index is 225. The second-order valence-electron chi connectivity index (χ2n) is 5.14. The molecular weight excluding hydrogens is 218 g/mol. The zero-order valence-electron chi connectivity index (χ0n) is 11.0. The smallest absolute Gasteiger partial charge is 0.303 e. The second-order valence-corrected chi connectivity index (χ2v) is 5.14. The zero-order valence-corrected chi connectivity index (χ0v) is 11.0. The van der Waals surface area contributed by atoms with Gasteiger partial charge in [-0.1, -0.05) is 0 Å². The van der Waals surface area contributed by atoms with Gasteiger partial charge in [0.25, 0.3) is 0 Å². The third-order valence-electron chi connectivity index (χ3n) is 3.40. The normalized spacial score (nSPS) is 17.9. The van der Waals surface area contributed by atoms with Gasteiger partial charge in [0.1, 0.15) is 0 Å². The molecule has 0 saturated carbocycles. The fraction of sp³-hybridized carbons (Fsp3) is 0.923. The first-order chi connectivity index (χ1) is 8.09. The minimum atomic E-state index is -0.695. The van der Waals surface area contributed by atoms with Crippen LogP contribution in [0.25, 0.3) is 0 Å². The van der Waals surface area contributed by atoms with Crippen molar-refractivity contribution in [2.75, 3.05) is 26.3 Å². The number of rotatable bonds is 7. The highest BCUT2D eigenvalue weighted by molar-refractivity contribution is 5.66. The molecule has 1 saturated heterocycles. The minimum Gasteiger partial charge on any atom is -0.481 e. The fourth-order valence-electron chi connectivity index (χ4n) is 2.25. The van der Waals surface area contributed by atoms with Crippen LogP contribution < -0.4 is 0 Å². The highest BCUT2D eigenvalue weighted by Crippen LogP contribution is 2.17. The van der Waals surface area contributed by atoms with Crippen LogP contribution in [0.5, 0.6) is 0 Å². The van der Waals surface area contributed by atoms with E-state index in [9.17, 15) is 4.79 Å². The summed E-state index contributed by atoms with van der Waals surface area (Å²) in [5.74, 6) is 0.0238. The molecule has 1 fully saturated rings. The number of ether oxygens (including phenoxy) is 1. The van der Waals surface area contributed by atoms with Gasteiger partial charge in [-0.15, -0.1) is 0 Å². The molecule has 0 unspecified atom stereocenters. The van der Waals surface area contributed by atoms with Crippen LogP contribution in [-0.2, 0) is 9.53 Å². The van der Waals surface area contributed by atoms with Crippen LogP contribution in [-0.4, -0.2) is 48.3 Å². The van der Waals surface area contributed by atoms with Crippen molar-refractivity contribution in [2.24, 2.45) is 5.92 Å². The molecule has 1 rings (SSSR count). The molecule has 0 amide bonds. The summed E-state index contributed by atoms with van der Waals surface area (Å²) >= 11 is 0. The molecule has 0 bridgehead atoms. The van der Waals surface area contributed by atoms with Crippen molar-refractivity contribution < 1.29 is 14.6 Å². The van der Waals surface area contributed by atoms with Crippen molar-refractivity contribution in [1.29, 1.82) is 0 Å². The minimum absolute atomic E-state index is 0.275. The molecule has 0 aliphatic carbocycles. The van der Waals surface area contributed by atoms with E-state index in [4.69, 9.17) is 9.84 Å². The van der Waals surface area contributed by atoms with Gasteiger partial charge in [-0.2, -0.15) is 0 Å². The van der Waals surface area contributed by atoms with Crippen LogP contribution in [0.4, 0.5) is 0 Å². The molecule has 0 aromatic carbocycles. The first kappa shape index (κ1) is 14.5. The average molecular weight is 243 g/mol. The number of carbonyl (C=O) groups is 1. The summed E-state index contributed by atoms with van der Waals surface area (Å²) in [4.78, 5) is 12.9. The molecule has 0 aromatic heterocycles. The Morgan fingerprint density at radius 2 is 2.06 bits per heavy atom. The number of hydrogen-bond donors (Lipinski definition) is 1. The molecule has 17 heavy (non-hydrogen) atoms. The van der Waals surface area contributed by atoms with Crippen LogP contribution in [0.1, 0.15) is 39.5 Å². The first-order valence-electron chi connectivity index (χ1n) is 6.63. The Kier molecular flexibility index (Phi) is 6.52. The number of carboxylic acid groups (broad SMARTS) is 1. The number of carboxylic acids is 1. The van der Waals surface area contributed by atoms with E-state index in [0.717, 1.165) is 51.5 Å². The summed E-state index contributed by atoms with van der Waals surface area (Å²) in [6.45, 7) is 8.10. The zero-order chi connectivity index (χ0) is 12.7. The van der Waals surface area contributed by atoms with Crippen molar-refractivity contribution in [3.8, 4) is 0 Å². The van der Waals surface area contributed by atoms with Gasteiger partial charge in [-0.05, 0) is 45.6 Å².